The lowest BCUT2D eigenvalue weighted by atomic mass is 9.92. The molecule has 2 fully saturated rings. The number of rotatable bonds is 9. The van der Waals surface area contributed by atoms with Gasteiger partial charge in [0.15, 0.2) is 17.3 Å². The summed E-state index contributed by atoms with van der Waals surface area (Å²) in [7, 11) is 1.77. The lowest BCUT2D eigenvalue weighted by molar-refractivity contribution is -0.140. The Balaban J connectivity index is 0.946. The van der Waals surface area contributed by atoms with Crippen LogP contribution in [0.5, 0.6) is 0 Å². The minimum absolute atomic E-state index is 0.0141. The first-order chi connectivity index (χ1) is 27.0. The third-order valence-electron chi connectivity index (χ3n) is 11.7. The number of aryl methyl sites for hydroxylation is 2. The molecule has 3 amide bonds. The van der Waals surface area contributed by atoms with Gasteiger partial charge in [0.05, 0.1) is 24.9 Å². The monoisotopic (exact) mass is 771 g/mol. The Morgan fingerprint density at radius 1 is 0.964 bits per heavy atom. The maximum atomic E-state index is 14.7. The Hall–Kier alpha value is -5.45. The first-order valence-electron chi connectivity index (χ1n) is 19.4. The molecule has 0 aliphatic carbocycles. The molecule has 17 heteroatoms. The number of carbonyl (C=O) groups excluding carboxylic acids is 3. The zero-order valence-corrected chi connectivity index (χ0v) is 31.7. The van der Waals surface area contributed by atoms with Crippen LogP contribution in [0.4, 0.5) is 26.1 Å². The van der Waals surface area contributed by atoms with Crippen molar-refractivity contribution in [3.05, 3.63) is 64.7 Å². The van der Waals surface area contributed by atoms with Crippen LogP contribution in [0.2, 0.25) is 0 Å². The van der Waals surface area contributed by atoms with Crippen molar-refractivity contribution in [1.29, 1.82) is 0 Å². The summed E-state index contributed by atoms with van der Waals surface area (Å²) in [6.07, 6.45) is 5.76. The quantitative estimate of drug-likeness (QED) is 0.264. The van der Waals surface area contributed by atoms with E-state index in [0.717, 1.165) is 48.2 Å². The second-order valence-electron chi connectivity index (χ2n) is 15.2. The van der Waals surface area contributed by atoms with Gasteiger partial charge in [-0.05, 0) is 73.9 Å². The number of anilines is 3. The first-order valence-corrected chi connectivity index (χ1v) is 19.4. The van der Waals surface area contributed by atoms with Gasteiger partial charge in [-0.1, -0.05) is 0 Å². The Morgan fingerprint density at radius 2 is 1.75 bits per heavy atom. The van der Waals surface area contributed by atoms with E-state index in [2.05, 4.69) is 29.8 Å². The number of benzene rings is 1. The van der Waals surface area contributed by atoms with Crippen molar-refractivity contribution in [2.24, 2.45) is 12.8 Å². The zero-order chi connectivity index (χ0) is 39.1. The van der Waals surface area contributed by atoms with E-state index in [9.17, 15) is 23.2 Å². The van der Waals surface area contributed by atoms with E-state index in [4.69, 9.17) is 15.6 Å². The molecule has 2 saturated heterocycles. The normalized spacial score (nSPS) is 18.0. The number of carbonyl (C=O) groups is 3. The lowest BCUT2D eigenvalue weighted by Gasteiger charge is -2.35. The van der Waals surface area contributed by atoms with Gasteiger partial charge in [0.25, 0.3) is 12.3 Å². The number of amides is 3. The van der Waals surface area contributed by atoms with Crippen LogP contribution in [0, 0.1) is 0 Å². The average Bonchev–Trinajstić information content (AvgIpc) is 3.82. The number of nitrogens with two attached hydrogens (primary N) is 1. The van der Waals surface area contributed by atoms with Gasteiger partial charge in [0.2, 0.25) is 11.8 Å². The predicted octanol–water partition coefficient (Wildman–Crippen LogP) is 3.95. The summed E-state index contributed by atoms with van der Waals surface area (Å²) in [5.74, 6) is 0.719. The highest BCUT2D eigenvalue weighted by Crippen LogP contribution is 2.43. The maximum absolute atomic E-state index is 14.7. The standard InChI is InChI=1S/C39H47F2N11O4/c1-24(53)50-17-11-33-31(22-50)39(51-12-3-4-25-18-29(26-20-43-47(2)21-26)30(37(40)41)19-34(25)51)46-52(33)27-7-13-49(14-8-27)36(54)23-56-28-9-15-48(16-10-28)35-6-5-32(38(42)55)44-45-35/h5-6,18-21,27-28,37H,3-4,7-17,22-23H2,1-2H3,(H2,42,55). The van der Waals surface area contributed by atoms with E-state index >= 15 is 0 Å². The molecule has 0 bridgehead atoms. The molecule has 4 aliphatic heterocycles. The molecular weight excluding hydrogens is 724 g/mol. The summed E-state index contributed by atoms with van der Waals surface area (Å²) in [5.41, 5.74) is 10.2. The minimum atomic E-state index is -2.68. The van der Waals surface area contributed by atoms with Gasteiger partial charge in [-0.25, -0.2) is 8.78 Å². The van der Waals surface area contributed by atoms with Crippen LogP contribution in [0.1, 0.15) is 84.4 Å². The largest absolute Gasteiger partial charge is 0.368 e. The van der Waals surface area contributed by atoms with Gasteiger partial charge in [-0.2, -0.15) is 10.2 Å². The third-order valence-corrected chi connectivity index (χ3v) is 11.7. The number of likely N-dealkylation sites (tertiary alicyclic amines) is 1. The van der Waals surface area contributed by atoms with E-state index in [1.54, 1.807) is 49.2 Å². The predicted molar refractivity (Wildman–Crippen MR) is 203 cm³/mol. The molecule has 4 aromatic rings. The van der Waals surface area contributed by atoms with Crippen molar-refractivity contribution in [1.82, 2.24) is 39.6 Å². The molecule has 56 heavy (non-hydrogen) atoms. The number of fused-ring (bicyclic) bond motifs is 2. The average molecular weight is 772 g/mol. The third kappa shape index (κ3) is 7.43. The van der Waals surface area contributed by atoms with Crippen molar-refractivity contribution in [2.75, 3.05) is 55.7 Å². The van der Waals surface area contributed by atoms with Crippen molar-refractivity contribution >= 4 is 35.0 Å². The van der Waals surface area contributed by atoms with Crippen LogP contribution in [-0.4, -0.2) is 109 Å². The number of primary amides is 1. The van der Waals surface area contributed by atoms with Crippen molar-refractivity contribution in [3.8, 4) is 11.1 Å². The Bertz CT molecular complexity index is 2100. The molecule has 0 atom stereocenters. The summed E-state index contributed by atoms with van der Waals surface area (Å²) >= 11 is 0. The number of ether oxygens (including phenoxy) is 1. The first kappa shape index (κ1) is 37.5. The molecule has 3 aromatic heterocycles. The fourth-order valence-electron chi connectivity index (χ4n) is 8.59. The second kappa shape index (κ2) is 15.6. The number of aromatic nitrogens is 6. The molecular formula is C39H47F2N11O4. The number of hydrogen-bond donors (Lipinski definition) is 1. The van der Waals surface area contributed by atoms with Gasteiger partial charge in [0.1, 0.15) is 6.61 Å². The number of halogens is 2. The van der Waals surface area contributed by atoms with Crippen molar-refractivity contribution in [3.63, 3.8) is 0 Å². The fraction of sp³-hybridized carbons (Fsp3) is 0.513. The summed E-state index contributed by atoms with van der Waals surface area (Å²) < 4.78 is 39.1. The Labute approximate surface area is 323 Å². The van der Waals surface area contributed by atoms with Crippen LogP contribution in [0.15, 0.2) is 36.7 Å². The molecule has 2 N–H and O–H groups in total. The van der Waals surface area contributed by atoms with E-state index in [-0.39, 0.29) is 41.8 Å². The molecule has 0 saturated carbocycles. The highest BCUT2D eigenvalue weighted by atomic mass is 19.3. The summed E-state index contributed by atoms with van der Waals surface area (Å²) in [6, 6.07) is 6.85. The molecule has 0 spiro atoms. The molecule has 15 nitrogen and oxygen atoms in total. The molecule has 1 aromatic carbocycles. The van der Waals surface area contributed by atoms with Gasteiger partial charge < -0.3 is 30.1 Å². The molecule has 8 rings (SSSR count). The van der Waals surface area contributed by atoms with Crippen LogP contribution in [-0.2, 0) is 40.8 Å². The van der Waals surface area contributed by atoms with Crippen LogP contribution in [0.3, 0.4) is 0 Å². The van der Waals surface area contributed by atoms with E-state index in [1.165, 1.54) is 0 Å². The second-order valence-corrected chi connectivity index (χ2v) is 15.2. The molecule has 0 unspecified atom stereocenters. The summed E-state index contributed by atoms with van der Waals surface area (Å²) in [6.45, 7) is 5.71. The zero-order valence-electron chi connectivity index (χ0n) is 31.7. The van der Waals surface area contributed by atoms with Crippen molar-refractivity contribution < 1.29 is 27.9 Å². The number of piperidine rings is 2. The van der Waals surface area contributed by atoms with Gasteiger partial charge in [0, 0.05) is 93.9 Å². The highest BCUT2D eigenvalue weighted by molar-refractivity contribution is 5.90. The molecule has 7 heterocycles. The number of alkyl halides is 2. The fourth-order valence-corrected chi connectivity index (χ4v) is 8.59. The molecule has 0 radical (unpaired) electrons. The number of hydrogen-bond acceptors (Lipinski definition) is 10. The Kier molecular flexibility index (Phi) is 10.4. The topological polar surface area (TPSA) is 161 Å². The smallest absolute Gasteiger partial charge is 0.269 e. The van der Waals surface area contributed by atoms with E-state index in [0.29, 0.717) is 87.8 Å². The van der Waals surface area contributed by atoms with Crippen LogP contribution >= 0.6 is 0 Å². The highest BCUT2D eigenvalue weighted by Gasteiger charge is 2.35. The van der Waals surface area contributed by atoms with Crippen LogP contribution < -0.4 is 15.5 Å². The SMILES string of the molecule is CC(=O)N1CCc2c(c(N3CCCc4cc(-c5cnn(C)c5)c(C(F)F)cc43)nn2C2CCN(C(=O)COC3CCN(c4ccc(C(N)=O)nn4)CC3)CC2)C1. The van der Waals surface area contributed by atoms with E-state index < -0.39 is 12.3 Å². The molecule has 4 aliphatic rings. The summed E-state index contributed by atoms with van der Waals surface area (Å²) in [5, 5.41) is 17.5. The van der Waals surface area contributed by atoms with Gasteiger partial charge in [-0.15, -0.1) is 10.2 Å². The van der Waals surface area contributed by atoms with E-state index in [1.807, 2.05) is 15.9 Å². The van der Waals surface area contributed by atoms with Gasteiger partial charge >= 0.3 is 0 Å². The lowest BCUT2D eigenvalue weighted by Crippen LogP contribution is -2.43. The number of nitrogens with zero attached hydrogens (tertiary/aromatic N) is 10. The molecule has 296 valence electrons. The van der Waals surface area contributed by atoms with Gasteiger partial charge in [-0.3, -0.25) is 23.7 Å². The van der Waals surface area contributed by atoms with Crippen LogP contribution in [0.25, 0.3) is 11.1 Å². The minimum Gasteiger partial charge on any atom is -0.368 e. The van der Waals surface area contributed by atoms with Crippen molar-refractivity contribution in [2.45, 2.75) is 77.0 Å². The Morgan fingerprint density at radius 3 is 2.41 bits per heavy atom. The maximum Gasteiger partial charge on any atom is 0.269 e. The summed E-state index contributed by atoms with van der Waals surface area (Å²) in [4.78, 5) is 45.0.